The third-order valence-electron chi connectivity index (χ3n) is 3.78. The Bertz CT molecular complexity index is 375. The van der Waals surface area contributed by atoms with Crippen LogP contribution in [0.2, 0.25) is 18.1 Å². The Morgan fingerprint density at radius 3 is 1.90 bits per heavy atom. The number of carbonyl (C=O) groups is 2. The van der Waals surface area contributed by atoms with E-state index in [2.05, 4.69) is 43.3 Å². The van der Waals surface area contributed by atoms with Gasteiger partial charge in [0.1, 0.15) is 5.57 Å². The molecule has 21 heavy (non-hydrogen) atoms. The molecule has 122 valence electrons. The Morgan fingerprint density at radius 2 is 1.52 bits per heavy atom. The van der Waals surface area contributed by atoms with E-state index in [0.717, 1.165) is 6.42 Å². The SMILES string of the molecule is COC(=O)C(=CCCCO[Si](C)(C)C(C)(C)C)C(=O)OC. The van der Waals surface area contributed by atoms with E-state index in [-0.39, 0.29) is 10.6 Å². The molecule has 0 radical (unpaired) electrons. The summed E-state index contributed by atoms with van der Waals surface area (Å²) in [4.78, 5) is 22.9. The van der Waals surface area contributed by atoms with Crippen LogP contribution in [0.1, 0.15) is 33.6 Å². The van der Waals surface area contributed by atoms with Crippen LogP contribution in [-0.4, -0.2) is 41.1 Å². The molecule has 0 fully saturated rings. The fourth-order valence-electron chi connectivity index (χ4n) is 1.34. The lowest BCUT2D eigenvalue weighted by molar-refractivity contribution is -0.144. The fourth-order valence-corrected chi connectivity index (χ4v) is 2.43. The van der Waals surface area contributed by atoms with Crippen molar-refractivity contribution in [1.82, 2.24) is 0 Å². The van der Waals surface area contributed by atoms with E-state index >= 15 is 0 Å². The second-order valence-corrected chi connectivity index (χ2v) is 11.2. The molecule has 0 bridgehead atoms. The molecule has 0 rings (SSSR count). The van der Waals surface area contributed by atoms with Gasteiger partial charge in [0.25, 0.3) is 0 Å². The minimum atomic E-state index is -1.74. The maximum Gasteiger partial charge on any atom is 0.344 e. The van der Waals surface area contributed by atoms with Gasteiger partial charge in [-0.15, -0.1) is 0 Å². The molecule has 0 aliphatic heterocycles. The zero-order valence-electron chi connectivity index (χ0n) is 14.2. The minimum Gasteiger partial charge on any atom is -0.465 e. The van der Waals surface area contributed by atoms with Crippen LogP contribution < -0.4 is 0 Å². The highest BCUT2D eigenvalue weighted by molar-refractivity contribution is 6.74. The average Bonchev–Trinajstić information content (AvgIpc) is 2.39. The van der Waals surface area contributed by atoms with E-state index in [1.54, 1.807) is 6.08 Å². The molecule has 0 atom stereocenters. The Kier molecular flexibility index (Phi) is 7.88. The van der Waals surface area contributed by atoms with Gasteiger partial charge in [-0.2, -0.15) is 0 Å². The zero-order chi connectivity index (χ0) is 16.7. The van der Waals surface area contributed by atoms with Crippen molar-refractivity contribution in [2.45, 2.75) is 51.7 Å². The van der Waals surface area contributed by atoms with Crippen LogP contribution in [-0.2, 0) is 23.5 Å². The van der Waals surface area contributed by atoms with Gasteiger partial charge in [0.2, 0.25) is 0 Å². The molecule has 0 N–H and O–H groups in total. The van der Waals surface area contributed by atoms with Crippen molar-refractivity contribution in [2.24, 2.45) is 0 Å². The van der Waals surface area contributed by atoms with Gasteiger partial charge < -0.3 is 13.9 Å². The lowest BCUT2D eigenvalue weighted by Crippen LogP contribution is -2.40. The summed E-state index contributed by atoms with van der Waals surface area (Å²) >= 11 is 0. The molecule has 0 saturated heterocycles. The van der Waals surface area contributed by atoms with E-state index in [4.69, 9.17) is 4.43 Å². The summed E-state index contributed by atoms with van der Waals surface area (Å²) in [5, 5.41) is 0.173. The number of carbonyl (C=O) groups excluding carboxylic acids is 2. The van der Waals surface area contributed by atoms with Crippen LogP contribution in [0.5, 0.6) is 0 Å². The maximum atomic E-state index is 11.5. The predicted octanol–water partition coefficient (Wildman–Crippen LogP) is 3.06. The first kappa shape index (κ1) is 19.9. The summed E-state index contributed by atoms with van der Waals surface area (Å²) in [6.45, 7) is 11.6. The highest BCUT2D eigenvalue weighted by Crippen LogP contribution is 2.36. The summed E-state index contributed by atoms with van der Waals surface area (Å²) in [6.07, 6.45) is 2.85. The summed E-state index contributed by atoms with van der Waals surface area (Å²) in [6, 6.07) is 0. The number of unbranched alkanes of at least 4 members (excludes halogenated alkanes) is 1. The van der Waals surface area contributed by atoms with Crippen molar-refractivity contribution >= 4 is 20.3 Å². The molecule has 0 aromatic rings. The first-order valence-corrected chi connectivity index (χ1v) is 9.98. The largest absolute Gasteiger partial charge is 0.465 e. The number of methoxy groups -OCH3 is 2. The molecule has 0 unspecified atom stereocenters. The van der Waals surface area contributed by atoms with Gasteiger partial charge in [-0.25, -0.2) is 9.59 Å². The molecule has 0 saturated carbocycles. The molecule has 0 aliphatic carbocycles. The number of ether oxygens (including phenoxy) is 2. The first-order valence-electron chi connectivity index (χ1n) is 7.07. The van der Waals surface area contributed by atoms with Gasteiger partial charge in [0.05, 0.1) is 14.2 Å². The molecule has 0 heterocycles. The van der Waals surface area contributed by atoms with Crippen LogP contribution in [0.3, 0.4) is 0 Å². The average molecular weight is 316 g/mol. The van der Waals surface area contributed by atoms with Crippen molar-refractivity contribution in [2.75, 3.05) is 20.8 Å². The van der Waals surface area contributed by atoms with Gasteiger partial charge in [-0.05, 0) is 31.0 Å². The van der Waals surface area contributed by atoms with Crippen molar-refractivity contribution < 1.29 is 23.5 Å². The van der Waals surface area contributed by atoms with E-state index in [1.807, 2.05) is 0 Å². The third-order valence-corrected chi connectivity index (χ3v) is 8.31. The topological polar surface area (TPSA) is 61.8 Å². The van der Waals surface area contributed by atoms with Gasteiger partial charge in [-0.3, -0.25) is 0 Å². The lowest BCUT2D eigenvalue weighted by Gasteiger charge is -2.36. The highest BCUT2D eigenvalue weighted by atomic mass is 28.4. The standard InChI is InChI=1S/C15H28O5Si/c1-15(2,3)21(6,7)20-11-9-8-10-12(13(16)18-4)14(17)19-5/h10H,8-9,11H2,1-7H3. The number of hydrogen-bond donors (Lipinski definition) is 0. The molecule has 0 aromatic carbocycles. The van der Waals surface area contributed by atoms with Crippen LogP contribution >= 0.6 is 0 Å². The normalized spacial score (nSPS) is 11.8. The van der Waals surface area contributed by atoms with Crippen LogP contribution in [0.15, 0.2) is 11.6 Å². The van der Waals surface area contributed by atoms with Gasteiger partial charge >= 0.3 is 11.9 Å². The Hall–Kier alpha value is -1.14. The molecule has 5 nitrogen and oxygen atoms in total. The van der Waals surface area contributed by atoms with Gasteiger partial charge in [0, 0.05) is 6.61 Å². The molecular formula is C15H28O5Si. The lowest BCUT2D eigenvalue weighted by atomic mass is 10.2. The van der Waals surface area contributed by atoms with Crippen molar-refractivity contribution in [3.63, 3.8) is 0 Å². The second kappa shape index (κ2) is 8.34. The van der Waals surface area contributed by atoms with Crippen molar-refractivity contribution in [1.29, 1.82) is 0 Å². The van der Waals surface area contributed by atoms with E-state index in [9.17, 15) is 9.59 Å². The molecule has 0 aromatic heterocycles. The molecular weight excluding hydrogens is 288 g/mol. The smallest absolute Gasteiger partial charge is 0.344 e. The molecule has 0 spiro atoms. The van der Waals surface area contributed by atoms with E-state index in [0.29, 0.717) is 13.0 Å². The van der Waals surface area contributed by atoms with Crippen LogP contribution in [0, 0.1) is 0 Å². The van der Waals surface area contributed by atoms with Crippen molar-refractivity contribution in [3.05, 3.63) is 11.6 Å². The van der Waals surface area contributed by atoms with E-state index in [1.165, 1.54) is 14.2 Å². The maximum absolute atomic E-state index is 11.5. The number of allylic oxidation sites excluding steroid dienone is 1. The summed E-state index contributed by atoms with van der Waals surface area (Å²) in [7, 11) is 0.728. The highest BCUT2D eigenvalue weighted by Gasteiger charge is 2.36. The van der Waals surface area contributed by atoms with Crippen LogP contribution in [0.25, 0.3) is 0 Å². The Labute approximate surface area is 128 Å². The van der Waals surface area contributed by atoms with Gasteiger partial charge in [0.15, 0.2) is 8.32 Å². The fraction of sp³-hybridized carbons (Fsp3) is 0.733. The summed E-state index contributed by atoms with van der Waals surface area (Å²) < 4.78 is 15.1. The molecule has 0 amide bonds. The summed E-state index contributed by atoms with van der Waals surface area (Å²) in [5.74, 6) is -1.35. The third kappa shape index (κ3) is 6.43. The Morgan fingerprint density at radius 1 is 1.05 bits per heavy atom. The second-order valence-electron chi connectivity index (χ2n) is 6.35. The molecule has 6 heteroatoms. The molecule has 0 aliphatic rings. The quantitative estimate of drug-likeness (QED) is 0.180. The minimum absolute atomic E-state index is 0.0627. The first-order chi connectivity index (χ1) is 9.56. The monoisotopic (exact) mass is 316 g/mol. The summed E-state index contributed by atoms with van der Waals surface area (Å²) in [5.41, 5.74) is -0.0627. The Balaban J connectivity index is 4.43. The number of hydrogen-bond acceptors (Lipinski definition) is 5. The van der Waals surface area contributed by atoms with Gasteiger partial charge in [-0.1, -0.05) is 26.8 Å². The predicted molar refractivity (Wildman–Crippen MR) is 84.5 cm³/mol. The van der Waals surface area contributed by atoms with Crippen molar-refractivity contribution in [3.8, 4) is 0 Å². The van der Waals surface area contributed by atoms with Crippen LogP contribution in [0.4, 0.5) is 0 Å². The zero-order valence-corrected chi connectivity index (χ0v) is 15.2. The number of rotatable bonds is 7. The number of esters is 2. The van der Waals surface area contributed by atoms with E-state index < -0.39 is 20.3 Å².